The van der Waals surface area contributed by atoms with Gasteiger partial charge >= 0.3 is 0 Å². The van der Waals surface area contributed by atoms with Gasteiger partial charge in [-0.2, -0.15) is 0 Å². The van der Waals surface area contributed by atoms with E-state index in [9.17, 15) is 0 Å². The second-order valence-electron chi connectivity index (χ2n) is 5.46. The number of hydrogen-bond donors (Lipinski definition) is 2. The van der Waals surface area contributed by atoms with Crippen molar-refractivity contribution >= 4 is 29.9 Å². The predicted molar refractivity (Wildman–Crippen MR) is 114 cm³/mol. The standard InChI is InChI=1S/C19H26N4O.HI/c1-3-21-19(22-12-10-17-5-4-11-20-15-17)23-13-14-24-18-8-6-16(2)7-9-18;/h4-9,11,15H,3,10,12-14H2,1-2H3,(H2,21,22,23);1H. The first-order chi connectivity index (χ1) is 11.8. The molecule has 0 saturated heterocycles. The monoisotopic (exact) mass is 454 g/mol. The van der Waals surface area contributed by atoms with Crippen molar-refractivity contribution in [1.82, 2.24) is 15.6 Å². The molecule has 25 heavy (non-hydrogen) atoms. The number of hydrogen-bond acceptors (Lipinski definition) is 3. The average Bonchev–Trinajstić information content (AvgIpc) is 2.61. The van der Waals surface area contributed by atoms with Crippen molar-refractivity contribution in [3.8, 4) is 5.75 Å². The summed E-state index contributed by atoms with van der Waals surface area (Å²) < 4.78 is 5.71. The number of halogens is 1. The highest BCUT2D eigenvalue weighted by Crippen LogP contribution is 2.10. The summed E-state index contributed by atoms with van der Waals surface area (Å²) in [5.41, 5.74) is 2.43. The molecule has 0 amide bonds. The summed E-state index contributed by atoms with van der Waals surface area (Å²) in [5.74, 6) is 1.70. The summed E-state index contributed by atoms with van der Waals surface area (Å²) in [6.45, 7) is 6.97. The molecule has 0 bridgehead atoms. The first kappa shape index (κ1) is 21.2. The number of pyridine rings is 1. The van der Waals surface area contributed by atoms with E-state index in [-0.39, 0.29) is 24.0 Å². The minimum Gasteiger partial charge on any atom is -0.492 e. The molecule has 1 heterocycles. The van der Waals surface area contributed by atoms with Crippen molar-refractivity contribution in [1.29, 1.82) is 0 Å². The maximum atomic E-state index is 5.71. The van der Waals surface area contributed by atoms with Crippen LogP contribution in [0.1, 0.15) is 18.1 Å². The summed E-state index contributed by atoms with van der Waals surface area (Å²) in [7, 11) is 0. The molecule has 0 radical (unpaired) electrons. The quantitative estimate of drug-likeness (QED) is 0.279. The van der Waals surface area contributed by atoms with Gasteiger partial charge < -0.3 is 15.4 Å². The molecular weight excluding hydrogens is 427 g/mol. The van der Waals surface area contributed by atoms with Crippen LogP contribution in [0, 0.1) is 6.92 Å². The third kappa shape index (κ3) is 8.72. The molecule has 0 aliphatic heterocycles. The lowest BCUT2D eigenvalue weighted by Gasteiger charge is -2.12. The zero-order valence-corrected chi connectivity index (χ0v) is 17.2. The molecular formula is C19H27IN4O. The highest BCUT2D eigenvalue weighted by molar-refractivity contribution is 14.0. The zero-order valence-electron chi connectivity index (χ0n) is 14.9. The molecule has 0 unspecified atom stereocenters. The van der Waals surface area contributed by atoms with Crippen molar-refractivity contribution in [2.24, 2.45) is 4.99 Å². The fourth-order valence-corrected chi connectivity index (χ4v) is 2.16. The highest BCUT2D eigenvalue weighted by atomic mass is 127. The summed E-state index contributed by atoms with van der Waals surface area (Å²) >= 11 is 0. The van der Waals surface area contributed by atoms with Gasteiger partial charge in [0.25, 0.3) is 0 Å². The molecule has 1 aromatic carbocycles. The third-order valence-electron chi connectivity index (χ3n) is 3.42. The van der Waals surface area contributed by atoms with E-state index in [2.05, 4.69) is 40.5 Å². The minimum absolute atomic E-state index is 0. The molecule has 0 aliphatic rings. The second kappa shape index (κ2) is 12.5. The Kier molecular flexibility index (Phi) is 10.6. The normalized spacial score (nSPS) is 10.7. The minimum atomic E-state index is 0. The lowest BCUT2D eigenvalue weighted by molar-refractivity contribution is 0.322. The molecule has 2 aromatic rings. The largest absolute Gasteiger partial charge is 0.492 e. The smallest absolute Gasteiger partial charge is 0.191 e. The molecule has 0 fully saturated rings. The van der Waals surface area contributed by atoms with Gasteiger partial charge in [-0.3, -0.25) is 9.98 Å². The Hall–Kier alpha value is -1.83. The Morgan fingerprint density at radius 1 is 1.16 bits per heavy atom. The number of nitrogens with zero attached hydrogens (tertiary/aromatic N) is 2. The fraction of sp³-hybridized carbons (Fsp3) is 0.368. The molecule has 0 spiro atoms. The van der Waals surface area contributed by atoms with Gasteiger partial charge in [-0.1, -0.05) is 23.8 Å². The number of nitrogens with one attached hydrogen (secondary N) is 2. The van der Waals surface area contributed by atoms with Gasteiger partial charge in [0, 0.05) is 25.5 Å². The number of benzene rings is 1. The van der Waals surface area contributed by atoms with Crippen LogP contribution in [0.4, 0.5) is 0 Å². The molecule has 2 N–H and O–H groups in total. The van der Waals surface area contributed by atoms with E-state index < -0.39 is 0 Å². The Labute approximate surface area is 167 Å². The Morgan fingerprint density at radius 2 is 1.96 bits per heavy atom. The van der Waals surface area contributed by atoms with Crippen LogP contribution < -0.4 is 15.4 Å². The molecule has 1 aromatic heterocycles. The van der Waals surface area contributed by atoms with E-state index in [1.54, 1.807) is 6.20 Å². The highest BCUT2D eigenvalue weighted by Gasteiger charge is 1.98. The number of aryl methyl sites for hydroxylation is 1. The molecule has 0 atom stereocenters. The van der Waals surface area contributed by atoms with Crippen molar-refractivity contribution in [2.75, 3.05) is 26.2 Å². The summed E-state index contributed by atoms with van der Waals surface area (Å²) in [6, 6.07) is 12.1. The Morgan fingerprint density at radius 3 is 2.64 bits per heavy atom. The van der Waals surface area contributed by atoms with E-state index >= 15 is 0 Å². The van der Waals surface area contributed by atoms with E-state index in [1.807, 2.05) is 36.5 Å². The molecule has 6 heteroatoms. The average molecular weight is 454 g/mol. The molecule has 136 valence electrons. The number of rotatable bonds is 8. The van der Waals surface area contributed by atoms with Gasteiger partial charge in [-0.15, -0.1) is 24.0 Å². The van der Waals surface area contributed by atoms with Crippen molar-refractivity contribution < 1.29 is 4.74 Å². The third-order valence-corrected chi connectivity index (χ3v) is 3.42. The van der Waals surface area contributed by atoms with Crippen LogP contribution in [0.2, 0.25) is 0 Å². The van der Waals surface area contributed by atoms with E-state index in [4.69, 9.17) is 4.74 Å². The zero-order chi connectivity index (χ0) is 17.0. The van der Waals surface area contributed by atoms with Gasteiger partial charge in [0.2, 0.25) is 0 Å². The van der Waals surface area contributed by atoms with Gasteiger partial charge in [0.1, 0.15) is 12.4 Å². The van der Waals surface area contributed by atoms with Crippen molar-refractivity contribution in [2.45, 2.75) is 20.3 Å². The van der Waals surface area contributed by atoms with Crippen LogP contribution in [0.25, 0.3) is 0 Å². The Balaban J connectivity index is 0.00000312. The SMILES string of the molecule is CCNC(=NCCc1cccnc1)NCCOc1ccc(C)cc1.I. The maximum absolute atomic E-state index is 5.71. The van der Waals surface area contributed by atoms with Gasteiger partial charge in [-0.05, 0) is 44.0 Å². The van der Waals surface area contributed by atoms with E-state index in [0.717, 1.165) is 31.2 Å². The van der Waals surface area contributed by atoms with Crippen LogP contribution in [0.15, 0.2) is 53.8 Å². The molecule has 2 rings (SSSR count). The number of aliphatic imine (C=N–C) groups is 1. The van der Waals surface area contributed by atoms with Crippen molar-refractivity contribution in [3.05, 3.63) is 59.9 Å². The number of guanidine groups is 1. The first-order valence-electron chi connectivity index (χ1n) is 8.38. The van der Waals surface area contributed by atoms with Crippen LogP contribution >= 0.6 is 24.0 Å². The van der Waals surface area contributed by atoms with Gasteiger partial charge in [0.15, 0.2) is 5.96 Å². The number of aromatic nitrogens is 1. The summed E-state index contributed by atoms with van der Waals surface area (Å²) in [5, 5.41) is 6.53. The summed E-state index contributed by atoms with van der Waals surface area (Å²) in [6.07, 6.45) is 4.54. The van der Waals surface area contributed by atoms with Gasteiger partial charge in [-0.25, -0.2) is 0 Å². The summed E-state index contributed by atoms with van der Waals surface area (Å²) in [4.78, 5) is 8.69. The van der Waals surface area contributed by atoms with Crippen LogP contribution in [0.5, 0.6) is 5.75 Å². The Bertz CT molecular complexity index is 617. The predicted octanol–water partition coefficient (Wildman–Crippen LogP) is 3.18. The van der Waals surface area contributed by atoms with Crippen molar-refractivity contribution in [3.63, 3.8) is 0 Å². The van der Waals surface area contributed by atoms with Crippen LogP contribution in [-0.4, -0.2) is 37.2 Å². The lowest BCUT2D eigenvalue weighted by atomic mass is 10.2. The first-order valence-corrected chi connectivity index (χ1v) is 8.38. The molecule has 5 nitrogen and oxygen atoms in total. The van der Waals surface area contributed by atoms with Crippen LogP contribution in [-0.2, 0) is 6.42 Å². The maximum Gasteiger partial charge on any atom is 0.191 e. The second-order valence-corrected chi connectivity index (χ2v) is 5.46. The van der Waals surface area contributed by atoms with Gasteiger partial charge in [0.05, 0.1) is 6.54 Å². The molecule has 0 saturated carbocycles. The van der Waals surface area contributed by atoms with E-state index in [0.29, 0.717) is 13.2 Å². The topological polar surface area (TPSA) is 58.5 Å². The number of ether oxygens (including phenoxy) is 1. The molecule has 0 aliphatic carbocycles. The van der Waals surface area contributed by atoms with E-state index in [1.165, 1.54) is 11.1 Å². The van der Waals surface area contributed by atoms with Crippen LogP contribution in [0.3, 0.4) is 0 Å². The lowest BCUT2D eigenvalue weighted by Crippen LogP contribution is -2.39. The fourth-order valence-electron chi connectivity index (χ4n) is 2.16.